The quantitative estimate of drug-likeness (QED) is 0.779. The summed E-state index contributed by atoms with van der Waals surface area (Å²) in [6.45, 7) is 6.52. The molecule has 1 aromatic carbocycles. The zero-order valence-corrected chi connectivity index (χ0v) is 10.9. The molecule has 0 saturated heterocycles. The van der Waals surface area contributed by atoms with Crippen molar-refractivity contribution in [2.24, 2.45) is 17.8 Å². The molecule has 0 aliphatic heterocycles. The van der Waals surface area contributed by atoms with Crippen LogP contribution in [0.15, 0.2) is 36.4 Å². The Kier molecular flexibility index (Phi) is 3.68. The van der Waals surface area contributed by atoms with E-state index in [9.17, 15) is 5.11 Å². The van der Waals surface area contributed by atoms with Gasteiger partial charge in [-0.1, -0.05) is 57.2 Å². The number of aliphatic hydroxyl groups is 1. The summed E-state index contributed by atoms with van der Waals surface area (Å²) in [6, 6.07) is 10.4. The lowest BCUT2D eigenvalue weighted by molar-refractivity contribution is 0.0647. The van der Waals surface area contributed by atoms with E-state index in [1.54, 1.807) is 0 Å². The lowest BCUT2D eigenvalue weighted by Crippen LogP contribution is -2.28. The standard InChI is InChI=1S/C16H22O/c1-11-9-10-15(13(3)16(17)12(11)2)14-7-5-4-6-8-14/h4-8,10-13,16-17H,9H2,1-3H3/t11-,12+,13+,16+/m0/s1. The molecule has 0 heterocycles. The summed E-state index contributed by atoms with van der Waals surface area (Å²) in [4.78, 5) is 0. The highest BCUT2D eigenvalue weighted by atomic mass is 16.3. The Morgan fingerprint density at radius 2 is 1.71 bits per heavy atom. The minimum atomic E-state index is -0.237. The predicted molar refractivity (Wildman–Crippen MR) is 72.5 cm³/mol. The Hall–Kier alpha value is -1.08. The van der Waals surface area contributed by atoms with Gasteiger partial charge in [0.15, 0.2) is 0 Å². The van der Waals surface area contributed by atoms with Crippen molar-refractivity contribution in [3.8, 4) is 0 Å². The van der Waals surface area contributed by atoms with Gasteiger partial charge in [0.1, 0.15) is 0 Å². The van der Waals surface area contributed by atoms with Crippen LogP contribution in [0.4, 0.5) is 0 Å². The molecule has 0 radical (unpaired) electrons. The van der Waals surface area contributed by atoms with E-state index in [2.05, 4.69) is 51.1 Å². The van der Waals surface area contributed by atoms with Gasteiger partial charge in [-0.25, -0.2) is 0 Å². The number of benzene rings is 1. The van der Waals surface area contributed by atoms with Crippen molar-refractivity contribution in [2.45, 2.75) is 33.3 Å². The molecule has 2 rings (SSSR count). The zero-order chi connectivity index (χ0) is 12.4. The summed E-state index contributed by atoms with van der Waals surface area (Å²) in [5, 5.41) is 10.4. The third-order valence-corrected chi connectivity index (χ3v) is 4.26. The first-order chi connectivity index (χ1) is 8.11. The van der Waals surface area contributed by atoms with Crippen LogP contribution in [0.2, 0.25) is 0 Å². The second-order valence-electron chi connectivity index (χ2n) is 5.38. The third-order valence-electron chi connectivity index (χ3n) is 4.26. The normalized spacial score (nSPS) is 34.0. The third kappa shape index (κ3) is 2.44. The van der Waals surface area contributed by atoms with E-state index in [1.165, 1.54) is 11.1 Å². The summed E-state index contributed by atoms with van der Waals surface area (Å²) >= 11 is 0. The van der Waals surface area contributed by atoms with Gasteiger partial charge in [-0.2, -0.15) is 0 Å². The molecule has 17 heavy (non-hydrogen) atoms. The lowest BCUT2D eigenvalue weighted by atomic mass is 9.83. The second-order valence-corrected chi connectivity index (χ2v) is 5.38. The van der Waals surface area contributed by atoms with Gasteiger partial charge in [-0.3, -0.25) is 0 Å². The van der Waals surface area contributed by atoms with E-state index in [1.807, 2.05) is 6.07 Å². The lowest BCUT2D eigenvalue weighted by Gasteiger charge is -2.27. The number of aliphatic hydroxyl groups excluding tert-OH is 1. The van der Waals surface area contributed by atoms with Crippen LogP contribution in [-0.2, 0) is 0 Å². The van der Waals surface area contributed by atoms with Crippen LogP contribution in [-0.4, -0.2) is 11.2 Å². The van der Waals surface area contributed by atoms with Gasteiger partial charge in [0.05, 0.1) is 6.10 Å². The van der Waals surface area contributed by atoms with Crippen LogP contribution >= 0.6 is 0 Å². The molecule has 0 bridgehead atoms. The summed E-state index contributed by atoms with van der Waals surface area (Å²) in [5.41, 5.74) is 2.55. The summed E-state index contributed by atoms with van der Waals surface area (Å²) in [5.74, 6) is 1.13. The highest BCUT2D eigenvalue weighted by Gasteiger charge is 2.30. The molecule has 1 aliphatic rings. The number of allylic oxidation sites excluding steroid dienone is 1. The van der Waals surface area contributed by atoms with Crippen molar-refractivity contribution >= 4 is 5.57 Å². The molecule has 4 atom stereocenters. The van der Waals surface area contributed by atoms with Gasteiger partial charge >= 0.3 is 0 Å². The number of hydrogen-bond donors (Lipinski definition) is 1. The molecular weight excluding hydrogens is 208 g/mol. The summed E-state index contributed by atoms with van der Waals surface area (Å²) in [6.07, 6.45) is 3.14. The highest BCUT2D eigenvalue weighted by molar-refractivity contribution is 5.68. The van der Waals surface area contributed by atoms with E-state index < -0.39 is 0 Å². The molecule has 1 aliphatic carbocycles. The Morgan fingerprint density at radius 3 is 2.35 bits per heavy atom. The van der Waals surface area contributed by atoms with Crippen LogP contribution in [0.5, 0.6) is 0 Å². The molecular formula is C16H22O. The maximum atomic E-state index is 10.4. The van der Waals surface area contributed by atoms with Crippen LogP contribution in [0.3, 0.4) is 0 Å². The van der Waals surface area contributed by atoms with Crippen molar-refractivity contribution in [3.63, 3.8) is 0 Å². The molecule has 0 amide bonds. The zero-order valence-electron chi connectivity index (χ0n) is 10.9. The van der Waals surface area contributed by atoms with E-state index in [0.717, 1.165) is 6.42 Å². The molecule has 1 N–H and O–H groups in total. The van der Waals surface area contributed by atoms with Gasteiger partial charge < -0.3 is 5.11 Å². The Bertz CT molecular complexity index is 393. The molecule has 0 saturated carbocycles. The van der Waals surface area contributed by atoms with Crippen molar-refractivity contribution in [1.29, 1.82) is 0 Å². The largest absolute Gasteiger partial charge is 0.392 e. The fraction of sp³-hybridized carbons (Fsp3) is 0.500. The first kappa shape index (κ1) is 12.4. The van der Waals surface area contributed by atoms with Gasteiger partial charge in [-0.05, 0) is 29.4 Å². The summed E-state index contributed by atoms with van der Waals surface area (Å²) < 4.78 is 0. The fourth-order valence-corrected chi connectivity index (χ4v) is 2.70. The van der Waals surface area contributed by atoms with Crippen LogP contribution in [0.25, 0.3) is 5.57 Å². The maximum absolute atomic E-state index is 10.4. The summed E-state index contributed by atoms with van der Waals surface area (Å²) in [7, 11) is 0. The maximum Gasteiger partial charge on any atom is 0.0634 e. The fourth-order valence-electron chi connectivity index (χ4n) is 2.70. The minimum absolute atomic E-state index is 0.220. The molecule has 1 heteroatoms. The van der Waals surface area contributed by atoms with Crippen molar-refractivity contribution < 1.29 is 5.11 Å². The van der Waals surface area contributed by atoms with Gasteiger partial charge in [0.25, 0.3) is 0 Å². The highest BCUT2D eigenvalue weighted by Crippen LogP contribution is 2.36. The monoisotopic (exact) mass is 230 g/mol. The number of rotatable bonds is 1. The van der Waals surface area contributed by atoms with Gasteiger partial charge in [0, 0.05) is 5.92 Å². The van der Waals surface area contributed by atoms with Gasteiger partial charge in [-0.15, -0.1) is 0 Å². The van der Waals surface area contributed by atoms with E-state index in [0.29, 0.717) is 11.8 Å². The molecule has 0 fully saturated rings. The minimum Gasteiger partial charge on any atom is -0.392 e. The topological polar surface area (TPSA) is 20.2 Å². The molecule has 1 nitrogen and oxygen atoms in total. The average Bonchev–Trinajstić information content (AvgIpc) is 2.45. The van der Waals surface area contributed by atoms with Crippen LogP contribution in [0, 0.1) is 17.8 Å². The van der Waals surface area contributed by atoms with E-state index in [-0.39, 0.29) is 12.0 Å². The average molecular weight is 230 g/mol. The molecule has 0 unspecified atom stereocenters. The van der Waals surface area contributed by atoms with Gasteiger partial charge in [0.2, 0.25) is 0 Å². The van der Waals surface area contributed by atoms with Crippen LogP contribution in [0.1, 0.15) is 32.8 Å². The van der Waals surface area contributed by atoms with Crippen molar-refractivity contribution in [2.75, 3.05) is 0 Å². The van der Waals surface area contributed by atoms with E-state index >= 15 is 0 Å². The number of hydrogen-bond acceptors (Lipinski definition) is 1. The van der Waals surface area contributed by atoms with Crippen molar-refractivity contribution in [3.05, 3.63) is 42.0 Å². The molecule has 1 aromatic rings. The predicted octanol–water partition coefficient (Wildman–Crippen LogP) is 3.74. The van der Waals surface area contributed by atoms with E-state index in [4.69, 9.17) is 0 Å². The molecule has 0 aromatic heterocycles. The molecule has 92 valence electrons. The van der Waals surface area contributed by atoms with Crippen molar-refractivity contribution in [1.82, 2.24) is 0 Å². The van der Waals surface area contributed by atoms with Crippen LogP contribution < -0.4 is 0 Å². The Morgan fingerprint density at radius 1 is 1.06 bits per heavy atom. The SMILES string of the molecule is C[C@H]1[C@@H](O)[C@H](C)C(c2ccccc2)=CC[C@@H]1C. The smallest absolute Gasteiger partial charge is 0.0634 e. The second kappa shape index (κ2) is 5.05. The Labute approximate surface area is 104 Å². The molecule has 0 spiro atoms. The Balaban J connectivity index is 2.34. The first-order valence-electron chi connectivity index (χ1n) is 6.54. The first-order valence-corrected chi connectivity index (χ1v) is 6.54.